The molecule has 3 aromatic rings. The predicted molar refractivity (Wildman–Crippen MR) is 96.7 cm³/mol. The zero-order chi connectivity index (χ0) is 21.4. The smallest absolute Gasteiger partial charge is 0.418 e. The third-order valence-electron chi connectivity index (χ3n) is 3.66. The molecule has 0 bridgehead atoms. The molecule has 12 heteroatoms. The van der Waals surface area contributed by atoms with Crippen LogP contribution in [0.15, 0.2) is 52.9 Å². The first-order valence-corrected chi connectivity index (χ1v) is 9.96. The lowest BCUT2D eigenvalue weighted by atomic mass is 10.1. The number of hydrogen-bond acceptors (Lipinski definition) is 5. The van der Waals surface area contributed by atoms with Crippen LogP contribution in [0.4, 0.5) is 23.2 Å². The first-order valence-electron chi connectivity index (χ1n) is 7.66. The quantitative estimate of drug-likeness (QED) is 0.564. The van der Waals surface area contributed by atoms with E-state index in [1.54, 1.807) is 0 Å². The molecule has 0 saturated heterocycles. The van der Waals surface area contributed by atoms with Crippen LogP contribution in [-0.4, -0.2) is 24.5 Å². The molecule has 1 aromatic heterocycles. The lowest BCUT2D eigenvalue weighted by Crippen LogP contribution is -2.17. The van der Waals surface area contributed by atoms with Gasteiger partial charge in [0.05, 0.1) is 23.0 Å². The second-order valence-electron chi connectivity index (χ2n) is 5.66. The van der Waals surface area contributed by atoms with E-state index < -0.39 is 44.8 Å². The van der Waals surface area contributed by atoms with Crippen molar-refractivity contribution in [3.63, 3.8) is 0 Å². The summed E-state index contributed by atoms with van der Waals surface area (Å²) in [7, 11) is -4.44. The molecule has 0 amide bonds. The van der Waals surface area contributed by atoms with E-state index in [1.165, 1.54) is 12.1 Å². The Hall–Kier alpha value is -2.99. The van der Waals surface area contributed by atoms with Crippen molar-refractivity contribution >= 4 is 33.0 Å². The third kappa shape index (κ3) is 4.54. The number of anilines is 1. The Labute approximate surface area is 165 Å². The van der Waals surface area contributed by atoms with Gasteiger partial charge >= 0.3 is 12.1 Å². The molecule has 29 heavy (non-hydrogen) atoms. The lowest BCUT2D eigenvalue weighted by Gasteiger charge is -2.14. The standard InChI is InChI=1S/C17H10F4N2O4S2/c18-11-4-1-9(2-5-11)15-22-8-14(28-15)29(26,27)23-13-6-3-10(16(24)25)7-12(13)17(19,20)21/h1-8,23H,(H,24,25). The Morgan fingerprint density at radius 3 is 2.34 bits per heavy atom. The van der Waals surface area contributed by atoms with E-state index in [0.717, 1.165) is 30.5 Å². The van der Waals surface area contributed by atoms with Crippen LogP contribution in [0.5, 0.6) is 0 Å². The van der Waals surface area contributed by atoms with Crippen molar-refractivity contribution in [3.8, 4) is 10.6 Å². The molecule has 0 saturated carbocycles. The zero-order valence-corrected chi connectivity index (χ0v) is 15.7. The van der Waals surface area contributed by atoms with E-state index in [9.17, 15) is 30.8 Å². The summed E-state index contributed by atoms with van der Waals surface area (Å²) in [6.07, 6.45) is -4.03. The van der Waals surface area contributed by atoms with Crippen LogP contribution in [0, 0.1) is 5.82 Å². The van der Waals surface area contributed by atoms with Crippen molar-refractivity contribution < 1.29 is 35.9 Å². The minimum absolute atomic E-state index is 0.225. The van der Waals surface area contributed by atoms with Crippen molar-refractivity contribution in [1.82, 2.24) is 4.98 Å². The highest BCUT2D eigenvalue weighted by Crippen LogP contribution is 2.37. The first-order chi connectivity index (χ1) is 13.5. The third-order valence-corrected chi connectivity index (χ3v) is 6.53. The van der Waals surface area contributed by atoms with Crippen molar-refractivity contribution in [1.29, 1.82) is 0 Å². The number of carboxylic acid groups (broad SMARTS) is 1. The van der Waals surface area contributed by atoms with Crippen molar-refractivity contribution in [3.05, 3.63) is 65.6 Å². The topological polar surface area (TPSA) is 96.4 Å². The van der Waals surface area contributed by atoms with Crippen LogP contribution >= 0.6 is 11.3 Å². The maximum Gasteiger partial charge on any atom is 0.418 e. The number of thiazole rings is 1. The minimum Gasteiger partial charge on any atom is -0.478 e. The van der Waals surface area contributed by atoms with Crippen molar-refractivity contribution in [2.75, 3.05) is 4.72 Å². The largest absolute Gasteiger partial charge is 0.478 e. The Kier molecular flexibility index (Phi) is 5.32. The van der Waals surface area contributed by atoms with Gasteiger partial charge in [0.1, 0.15) is 10.8 Å². The molecule has 0 aliphatic heterocycles. The fraction of sp³-hybridized carbons (Fsp3) is 0.0588. The molecule has 152 valence electrons. The second-order valence-corrected chi connectivity index (χ2v) is 8.60. The van der Waals surface area contributed by atoms with Crippen LogP contribution in [-0.2, 0) is 16.2 Å². The summed E-state index contributed by atoms with van der Waals surface area (Å²) in [5.41, 5.74) is -2.47. The summed E-state index contributed by atoms with van der Waals surface area (Å²) < 4.78 is 79.3. The molecule has 3 rings (SSSR count). The first kappa shape index (κ1) is 20.7. The summed E-state index contributed by atoms with van der Waals surface area (Å²) in [6.45, 7) is 0. The monoisotopic (exact) mass is 446 g/mol. The number of carboxylic acids is 1. The number of halogens is 4. The van der Waals surface area contributed by atoms with Crippen LogP contribution in [0.1, 0.15) is 15.9 Å². The van der Waals surface area contributed by atoms with Gasteiger partial charge in [-0.3, -0.25) is 4.72 Å². The van der Waals surface area contributed by atoms with Gasteiger partial charge in [0.15, 0.2) is 4.21 Å². The predicted octanol–water partition coefficient (Wildman–Crippen LogP) is 4.47. The van der Waals surface area contributed by atoms with Crippen LogP contribution in [0.3, 0.4) is 0 Å². The van der Waals surface area contributed by atoms with Gasteiger partial charge in [-0.1, -0.05) is 0 Å². The number of sulfonamides is 1. The van der Waals surface area contributed by atoms with Gasteiger partial charge in [-0.05, 0) is 42.5 Å². The Morgan fingerprint density at radius 2 is 1.76 bits per heavy atom. The SMILES string of the molecule is O=C(O)c1ccc(NS(=O)(=O)c2cnc(-c3ccc(F)cc3)s2)c(C(F)(F)F)c1. The highest BCUT2D eigenvalue weighted by atomic mass is 32.2. The van der Waals surface area contributed by atoms with E-state index in [-0.39, 0.29) is 9.22 Å². The molecule has 6 nitrogen and oxygen atoms in total. The average Bonchev–Trinajstić information content (AvgIpc) is 3.12. The van der Waals surface area contributed by atoms with Gasteiger partial charge in [0.25, 0.3) is 10.0 Å². The molecule has 0 spiro atoms. The molecule has 0 aliphatic carbocycles. The number of nitrogens with one attached hydrogen (secondary N) is 1. The second kappa shape index (κ2) is 7.44. The number of hydrogen-bond donors (Lipinski definition) is 2. The normalized spacial score (nSPS) is 12.0. The summed E-state index contributed by atoms with van der Waals surface area (Å²) in [5, 5.41) is 9.09. The van der Waals surface area contributed by atoms with Gasteiger partial charge < -0.3 is 5.11 Å². The van der Waals surface area contributed by atoms with Gasteiger partial charge in [-0.25, -0.2) is 22.6 Å². The molecule has 0 atom stereocenters. The van der Waals surface area contributed by atoms with Crippen molar-refractivity contribution in [2.24, 2.45) is 0 Å². The molecule has 0 radical (unpaired) electrons. The maximum absolute atomic E-state index is 13.3. The summed E-state index contributed by atoms with van der Waals surface area (Å²) in [4.78, 5) is 14.8. The zero-order valence-electron chi connectivity index (χ0n) is 14.1. The number of nitrogens with zero attached hydrogens (tertiary/aromatic N) is 1. The summed E-state index contributed by atoms with van der Waals surface area (Å²) in [6, 6.07) is 6.99. The van der Waals surface area contributed by atoms with Crippen LogP contribution in [0.2, 0.25) is 0 Å². The fourth-order valence-corrected chi connectivity index (χ4v) is 4.52. The van der Waals surface area contributed by atoms with Crippen LogP contribution < -0.4 is 4.72 Å². The molecule has 0 aliphatic rings. The number of benzene rings is 2. The number of carbonyl (C=O) groups is 1. The van der Waals surface area contributed by atoms with E-state index in [0.29, 0.717) is 23.0 Å². The Bertz CT molecular complexity index is 1170. The molecule has 0 fully saturated rings. The molecule has 1 heterocycles. The number of alkyl halides is 3. The summed E-state index contributed by atoms with van der Waals surface area (Å²) >= 11 is 0.680. The van der Waals surface area contributed by atoms with Crippen LogP contribution in [0.25, 0.3) is 10.6 Å². The van der Waals surface area contributed by atoms with E-state index in [4.69, 9.17) is 5.11 Å². The highest BCUT2D eigenvalue weighted by Gasteiger charge is 2.35. The summed E-state index contributed by atoms with van der Waals surface area (Å²) in [5.74, 6) is -2.08. The number of aromatic carboxylic acids is 1. The van der Waals surface area contributed by atoms with E-state index >= 15 is 0 Å². The molecular weight excluding hydrogens is 436 g/mol. The van der Waals surface area contributed by atoms with Gasteiger partial charge in [-0.15, -0.1) is 11.3 Å². The highest BCUT2D eigenvalue weighted by molar-refractivity contribution is 7.94. The molecule has 0 unspecified atom stereocenters. The average molecular weight is 446 g/mol. The van der Waals surface area contributed by atoms with Gasteiger partial charge in [0.2, 0.25) is 0 Å². The maximum atomic E-state index is 13.3. The van der Waals surface area contributed by atoms with E-state index in [2.05, 4.69) is 4.98 Å². The van der Waals surface area contributed by atoms with Gasteiger partial charge in [-0.2, -0.15) is 13.2 Å². The lowest BCUT2D eigenvalue weighted by molar-refractivity contribution is -0.136. The molecule has 2 N–H and O–H groups in total. The van der Waals surface area contributed by atoms with Crippen molar-refractivity contribution in [2.45, 2.75) is 10.4 Å². The van der Waals surface area contributed by atoms with Gasteiger partial charge in [0, 0.05) is 5.56 Å². The van der Waals surface area contributed by atoms with E-state index in [1.807, 2.05) is 4.72 Å². The minimum atomic E-state index is -4.99. The number of rotatable bonds is 5. The fourth-order valence-electron chi connectivity index (χ4n) is 2.31. The molecule has 2 aromatic carbocycles. The Morgan fingerprint density at radius 1 is 1.10 bits per heavy atom. The molecular formula is C17H10F4N2O4S2. The number of aromatic nitrogens is 1. The Balaban J connectivity index is 1.96.